The Morgan fingerprint density at radius 2 is 1.86 bits per heavy atom. The third-order valence-electron chi connectivity index (χ3n) is 2.88. The minimum Gasteiger partial charge on any atom is -0.408 e. The number of sulfonamides is 1. The van der Waals surface area contributed by atoms with Crippen LogP contribution in [0.5, 0.6) is 0 Å². The van der Waals surface area contributed by atoms with Crippen LogP contribution in [0.15, 0.2) is 50.5 Å². The number of rotatable bonds is 3. The van der Waals surface area contributed by atoms with E-state index in [0.29, 0.717) is 10.5 Å². The average Bonchev–Trinajstić information content (AvgIpc) is 2.81. The first kappa shape index (κ1) is 15.0. The molecule has 0 radical (unpaired) electrons. The van der Waals surface area contributed by atoms with E-state index in [0.717, 1.165) is 0 Å². The highest BCUT2D eigenvalue weighted by atomic mass is 35.5. The highest BCUT2D eigenvalue weighted by Crippen LogP contribution is 2.28. The monoisotopic (exact) mass is 358 g/mol. The van der Waals surface area contributed by atoms with Crippen LogP contribution in [-0.4, -0.2) is 13.4 Å². The van der Waals surface area contributed by atoms with Crippen molar-refractivity contribution in [3.8, 4) is 0 Å². The molecule has 0 amide bonds. The molecule has 0 bridgehead atoms. The highest BCUT2D eigenvalue weighted by Gasteiger charge is 2.17. The minimum atomic E-state index is -3.90. The Kier molecular flexibility index (Phi) is 3.64. The van der Waals surface area contributed by atoms with Crippen molar-refractivity contribution < 1.29 is 12.8 Å². The van der Waals surface area contributed by atoms with Crippen LogP contribution in [0, 0.1) is 0 Å². The van der Waals surface area contributed by atoms with Crippen LogP contribution >= 0.6 is 23.2 Å². The zero-order valence-electron chi connectivity index (χ0n) is 10.8. The third kappa shape index (κ3) is 2.83. The van der Waals surface area contributed by atoms with Crippen LogP contribution in [0.4, 0.5) is 5.69 Å². The van der Waals surface area contributed by atoms with E-state index in [1.807, 2.05) is 0 Å². The van der Waals surface area contributed by atoms with Gasteiger partial charge >= 0.3 is 5.76 Å². The average molecular weight is 359 g/mol. The molecule has 0 unspecified atom stereocenters. The van der Waals surface area contributed by atoms with E-state index >= 15 is 0 Å². The summed E-state index contributed by atoms with van der Waals surface area (Å²) in [6.45, 7) is 0. The van der Waals surface area contributed by atoms with Crippen molar-refractivity contribution >= 4 is 50.0 Å². The lowest BCUT2D eigenvalue weighted by Gasteiger charge is -2.09. The van der Waals surface area contributed by atoms with E-state index in [-0.39, 0.29) is 21.2 Å². The molecular weight excluding hydrogens is 351 g/mol. The largest absolute Gasteiger partial charge is 0.417 e. The lowest BCUT2D eigenvalue weighted by molar-refractivity contribution is 0.554. The highest BCUT2D eigenvalue weighted by molar-refractivity contribution is 7.92. The van der Waals surface area contributed by atoms with Crippen LogP contribution < -0.4 is 10.5 Å². The number of aromatic nitrogens is 1. The molecule has 1 aromatic heterocycles. The number of hydrogen-bond acceptors (Lipinski definition) is 4. The maximum atomic E-state index is 12.4. The first-order valence-electron chi connectivity index (χ1n) is 5.96. The van der Waals surface area contributed by atoms with Crippen molar-refractivity contribution in [3.05, 3.63) is 57.0 Å². The first-order chi connectivity index (χ1) is 10.3. The number of oxazole rings is 1. The summed E-state index contributed by atoms with van der Waals surface area (Å²) in [4.78, 5) is 13.5. The Hall–Kier alpha value is -1.96. The van der Waals surface area contributed by atoms with Gasteiger partial charge in [-0.1, -0.05) is 23.2 Å². The number of fused-ring (bicyclic) bond motifs is 1. The molecular formula is C13H8Cl2N2O4S. The molecule has 0 saturated carbocycles. The lowest BCUT2D eigenvalue weighted by Crippen LogP contribution is -2.13. The van der Waals surface area contributed by atoms with Crippen LogP contribution in [0.3, 0.4) is 0 Å². The number of aromatic amines is 1. The van der Waals surface area contributed by atoms with Gasteiger partial charge in [0, 0.05) is 11.1 Å². The van der Waals surface area contributed by atoms with Crippen molar-refractivity contribution in [1.82, 2.24) is 4.98 Å². The maximum Gasteiger partial charge on any atom is 0.417 e. The summed E-state index contributed by atoms with van der Waals surface area (Å²) >= 11 is 11.8. The number of benzene rings is 2. The fraction of sp³-hybridized carbons (Fsp3) is 0. The van der Waals surface area contributed by atoms with Gasteiger partial charge in [-0.25, -0.2) is 13.2 Å². The zero-order valence-corrected chi connectivity index (χ0v) is 13.1. The number of hydrogen-bond donors (Lipinski definition) is 2. The van der Waals surface area contributed by atoms with Gasteiger partial charge in [-0.3, -0.25) is 9.71 Å². The van der Waals surface area contributed by atoms with Crippen molar-refractivity contribution in [3.63, 3.8) is 0 Å². The molecule has 0 saturated heterocycles. The summed E-state index contributed by atoms with van der Waals surface area (Å²) in [5.74, 6) is -0.657. The Labute approximate surface area is 134 Å². The number of anilines is 1. The lowest BCUT2D eigenvalue weighted by atomic mass is 10.3. The second-order valence-corrected chi connectivity index (χ2v) is 6.93. The minimum absolute atomic E-state index is 0.0706. The van der Waals surface area contributed by atoms with Crippen LogP contribution in [0.25, 0.3) is 11.1 Å². The third-order valence-corrected chi connectivity index (χ3v) is 4.80. The van der Waals surface area contributed by atoms with Crippen molar-refractivity contribution in [1.29, 1.82) is 0 Å². The summed E-state index contributed by atoms with van der Waals surface area (Å²) in [5.41, 5.74) is 0.708. The molecule has 0 aliphatic carbocycles. The van der Waals surface area contributed by atoms with Gasteiger partial charge in [0.05, 0.1) is 21.1 Å². The Morgan fingerprint density at radius 3 is 2.64 bits per heavy atom. The summed E-state index contributed by atoms with van der Waals surface area (Å²) in [6, 6.07) is 8.45. The van der Waals surface area contributed by atoms with Gasteiger partial charge in [0.1, 0.15) is 0 Å². The molecule has 2 aromatic carbocycles. The van der Waals surface area contributed by atoms with Gasteiger partial charge in [-0.15, -0.1) is 0 Å². The first-order valence-corrected chi connectivity index (χ1v) is 8.20. The molecule has 9 heteroatoms. The van der Waals surface area contributed by atoms with Crippen LogP contribution in [-0.2, 0) is 10.0 Å². The van der Waals surface area contributed by atoms with Crippen molar-refractivity contribution in [2.24, 2.45) is 0 Å². The second kappa shape index (κ2) is 5.35. The van der Waals surface area contributed by atoms with E-state index in [1.165, 1.54) is 30.3 Å². The number of halogens is 2. The molecule has 1 heterocycles. The predicted octanol–water partition coefficient (Wildman–Crippen LogP) is 3.23. The predicted molar refractivity (Wildman–Crippen MR) is 84.1 cm³/mol. The summed E-state index contributed by atoms with van der Waals surface area (Å²) in [7, 11) is -3.90. The van der Waals surface area contributed by atoms with Crippen molar-refractivity contribution in [2.45, 2.75) is 4.90 Å². The topological polar surface area (TPSA) is 92.2 Å². The molecule has 3 aromatic rings. The fourth-order valence-corrected chi connectivity index (χ4v) is 3.35. The van der Waals surface area contributed by atoms with Gasteiger partial charge in [-0.05, 0) is 30.3 Å². The molecule has 0 aliphatic heterocycles. The fourth-order valence-electron chi connectivity index (χ4n) is 1.87. The van der Waals surface area contributed by atoms with Gasteiger partial charge in [0.2, 0.25) is 0 Å². The van der Waals surface area contributed by atoms with E-state index < -0.39 is 15.8 Å². The van der Waals surface area contributed by atoms with Gasteiger partial charge < -0.3 is 4.42 Å². The summed E-state index contributed by atoms with van der Waals surface area (Å²) in [6.07, 6.45) is 0. The SMILES string of the molecule is O=c1[nH]c2ccc(S(=O)(=O)Nc3cc(Cl)ccc3Cl)cc2o1. The molecule has 114 valence electrons. The zero-order chi connectivity index (χ0) is 15.9. The molecule has 3 rings (SSSR count). The molecule has 2 N–H and O–H groups in total. The van der Waals surface area contributed by atoms with Crippen molar-refractivity contribution in [2.75, 3.05) is 4.72 Å². The smallest absolute Gasteiger partial charge is 0.408 e. The maximum absolute atomic E-state index is 12.4. The van der Waals surface area contributed by atoms with E-state index in [2.05, 4.69) is 9.71 Å². The summed E-state index contributed by atoms with van der Waals surface area (Å²) < 4.78 is 31.9. The Balaban J connectivity index is 2.03. The Bertz CT molecular complexity index is 1020. The number of nitrogens with one attached hydrogen (secondary N) is 2. The second-order valence-electron chi connectivity index (χ2n) is 4.40. The molecule has 6 nitrogen and oxygen atoms in total. The van der Waals surface area contributed by atoms with Crippen LogP contribution in [0.2, 0.25) is 10.0 Å². The molecule has 0 fully saturated rings. The molecule has 0 aliphatic rings. The molecule has 22 heavy (non-hydrogen) atoms. The van der Waals surface area contributed by atoms with E-state index in [1.54, 1.807) is 6.07 Å². The normalized spacial score (nSPS) is 11.7. The molecule has 0 atom stereocenters. The standard InChI is InChI=1S/C13H8Cl2N2O4S/c14-7-1-3-9(15)11(5-7)17-22(19,20)8-2-4-10-12(6-8)21-13(18)16-10/h1-6,17H,(H,16,18). The van der Waals surface area contributed by atoms with E-state index in [9.17, 15) is 13.2 Å². The summed E-state index contributed by atoms with van der Waals surface area (Å²) in [5, 5.41) is 0.552. The van der Waals surface area contributed by atoms with Gasteiger partial charge in [-0.2, -0.15) is 0 Å². The Morgan fingerprint density at radius 1 is 1.09 bits per heavy atom. The quantitative estimate of drug-likeness (QED) is 0.751. The van der Waals surface area contributed by atoms with Gasteiger partial charge in [0.25, 0.3) is 10.0 Å². The van der Waals surface area contributed by atoms with Gasteiger partial charge in [0.15, 0.2) is 5.58 Å². The van der Waals surface area contributed by atoms with Crippen LogP contribution in [0.1, 0.15) is 0 Å². The number of H-pyrrole nitrogens is 1. The molecule has 0 spiro atoms. The van der Waals surface area contributed by atoms with E-state index in [4.69, 9.17) is 27.6 Å².